The van der Waals surface area contributed by atoms with Crippen molar-refractivity contribution in [2.45, 2.75) is 0 Å². The first-order valence-electron chi connectivity index (χ1n) is 5.51. The molecular weight excluding hydrogens is 226 g/mol. The predicted molar refractivity (Wildman–Crippen MR) is 67.3 cm³/mol. The van der Waals surface area contributed by atoms with Crippen molar-refractivity contribution in [3.63, 3.8) is 0 Å². The number of hydrogen-bond acceptors (Lipinski definition) is 3. The summed E-state index contributed by atoms with van der Waals surface area (Å²) in [7, 11) is 0. The van der Waals surface area contributed by atoms with Crippen LogP contribution in [0.4, 0.5) is 0 Å². The molecule has 0 saturated heterocycles. The molecular formula is C15H9NO2. The van der Waals surface area contributed by atoms with E-state index in [-0.39, 0.29) is 0 Å². The fourth-order valence-electron chi connectivity index (χ4n) is 1.85. The minimum Gasteiger partial charge on any atom is -0.298 e. The van der Waals surface area contributed by atoms with Gasteiger partial charge in [0.05, 0.1) is 11.6 Å². The number of hydrogen-bond donors (Lipinski definition) is 0. The smallest absolute Gasteiger partial charge is 0.185 e. The Balaban J connectivity index is 2.02. The van der Waals surface area contributed by atoms with E-state index in [2.05, 4.69) is 6.07 Å². The summed E-state index contributed by atoms with van der Waals surface area (Å²) in [5, 5.41) is 8.77. The lowest BCUT2D eigenvalue weighted by molar-refractivity contribution is -0.151. The highest BCUT2D eigenvalue weighted by atomic mass is 17.2. The van der Waals surface area contributed by atoms with Crippen LogP contribution < -0.4 is 4.89 Å². The minimum atomic E-state index is 0.660. The van der Waals surface area contributed by atoms with Crippen LogP contribution in [0.3, 0.4) is 0 Å². The molecule has 0 fully saturated rings. The van der Waals surface area contributed by atoms with Crippen molar-refractivity contribution >= 4 is 6.08 Å². The minimum absolute atomic E-state index is 0.660. The number of nitriles is 1. The quantitative estimate of drug-likeness (QED) is 0.710. The van der Waals surface area contributed by atoms with E-state index in [1.54, 1.807) is 0 Å². The van der Waals surface area contributed by atoms with E-state index in [0.29, 0.717) is 11.3 Å². The van der Waals surface area contributed by atoms with Crippen LogP contribution in [0.1, 0.15) is 11.1 Å². The zero-order valence-corrected chi connectivity index (χ0v) is 9.46. The molecule has 0 N–H and O–H groups in total. The Labute approximate surface area is 104 Å². The second-order valence-corrected chi connectivity index (χ2v) is 3.92. The van der Waals surface area contributed by atoms with E-state index in [1.807, 2.05) is 48.5 Å². The van der Waals surface area contributed by atoms with E-state index < -0.39 is 0 Å². The Bertz CT molecular complexity index is 651. The molecule has 1 heterocycles. The molecule has 2 aromatic rings. The Hall–Kier alpha value is -2.73. The molecule has 0 unspecified atom stereocenters. The van der Waals surface area contributed by atoms with Crippen LogP contribution in [-0.2, 0) is 4.89 Å². The maximum absolute atomic E-state index is 8.77. The first kappa shape index (κ1) is 10.4. The van der Waals surface area contributed by atoms with Crippen molar-refractivity contribution in [1.29, 1.82) is 5.26 Å². The normalized spacial score (nSPS) is 11.9. The molecule has 18 heavy (non-hydrogen) atoms. The Morgan fingerprint density at radius 1 is 0.944 bits per heavy atom. The van der Waals surface area contributed by atoms with Crippen LogP contribution in [0.5, 0.6) is 5.75 Å². The lowest BCUT2D eigenvalue weighted by Crippen LogP contribution is -1.97. The summed E-state index contributed by atoms with van der Waals surface area (Å²) < 4.78 is 0. The molecule has 0 atom stereocenters. The molecule has 0 aromatic heterocycles. The number of nitrogens with zero attached hydrogens (tertiary/aromatic N) is 1. The van der Waals surface area contributed by atoms with Crippen molar-refractivity contribution in [3.05, 3.63) is 59.9 Å². The fraction of sp³-hybridized carbons (Fsp3) is 0. The summed E-state index contributed by atoms with van der Waals surface area (Å²) in [6, 6.07) is 15.4. The Morgan fingerprint density at radius 2 is 1.72 bits per heavy atom. The summed E-state index contributed by atoms with van der Waals surface area (Å²) >= 11 is 0. The summed E-state index contributed by atoms with van der Waals surface area (Å²) in [4.78, 5) is 9.78. The van der Waals surface area contributed by atoms with Gasteiger partial charge in [0.1, 0.15) is 6.26 Å². The fourth-order valence-corrected chi connectivity index (χ4v) is 1.85. The van der Waals surface area contributed by atoms with Gasteiger partial charge in [-0.25, -0.2) is 0 Å². The molecule has 1 aliphatic heterocycles. The molecule has 2 aromatic carbocycles. The third kappa shape index (κ3) is 1.80. The maximum Gasteiger partial charge on any atom is 0.185 e. The average Bonchev–Trinajstić information content (AvgIpc) is 2.47. The first-order chi connectivity index (χ1) is 8.86. The second kappa shape index (κ2) is 4.27. The molecule has 0 amide bonds. The highest BCUT2D eigenvalue weighted by molar-refractivity contribution is 5.71. The molecule has 0 bridgehead atoms. The summed E-state index contributed by atoms with van der Waals surface area (Å²) in [6.07, 6.45) is 3.36. The molecule has 3 nitrogen and oxygen atoms in total. The third-order valence-electron chi connectivity index (χ3n) is 2.80. The van der Waals surface area contributed by atoms with Crippen molar-refractivity contribution in [1.82, 2.24) is 0 Å². The molecule has 0 aliphatic carbocycles. The first-order valence-corrected chi connectivity index (χ1v) is 5.51. The van der Waals surface area contributed by atoms with Gasteiger partial charge >= 0.3 is 0 Å². The number of fused-ring (bicyclic) bond motifs is 1. The zero-order chi connectivity index (χ0) is 12.4. The standard InChI is InChI=1S/C15H9NO2/c16-10-11-1-3-12(4-2-11)13-5-6-15-14(9-13)7-8-17-18-15/h1-9H. The van der Waals surface area contributed by atoms with Crippen molar-refractivity contribution in [2.75, 3.05) is 0 Å². The summed E-state index contributed by atoms with van der Waals surface area (Å²) in [5.41, 5.74) is 3.78. The second-order valence-electron chi connectivity index (χ2n) is 3.92. The van der Waals surface area contributed by atoms with E-state index in [0.717, 1.165) is 16.7 Å². The van der Waals surface area contributed by atoms with Crippen LogP contribution in [0.25, 0.3) is 17.2 Å². The van der Waals surface area contributed by atoms with Crippen molar-refractivity contribution < 1.29 is 9.78 Å². The van der Waals surface area contributed by atoms with Gasteiger partial charge in [-0.05, 0) is 41.5 Å². The average molecular weight is 235 g/mol. The lowest BCUT2D eigenvalue weighted by atomic mass is 10.0. The van der Waals surface area contributed by atoms with Crippen LogP contribution in [0.2, 0.25) is 0 Å². The monoisotopic (exact) mass is 235 g/mol. The maximum atomic E-state index is 8.77. The molecule has 0 spiro atoms. The largest absolute Gasteiger partial charge is 0.298 e. The van der Waals surface area contributed by atoms with Crippen LogP contribution >= 0.6 is 0 Å². The number of rotatable bonds is 1. The van der Waals surface area contributed by atoms with Gasteiger partial charge < -0.3 is 0 Å². The Kier molecular flexibility index (Phi) is 2.47. The highest BCUT2D eigenvalue weighted by Crippen LogP contribution is 2.29. The van der Waals surface area contributed by atoms with Crippen LogP contribution in [-0.4, -0.2) is 0 Å². The van der Waals surface area contributed by atoms with Gasteiger partial charge in [-0.1, -0.05) is 18.2 Å². The summed E-state index contributed by atoms with van der Waals surface area (Å²) in [5.74, 6) is 0.704. The van der Waals surface area contributed by atoms with E-state index in [1.165, 1.54) is 6.26 Å². The van der Waals surface area contributed by atoms with E-state index >= 15 is 0 Å². The topological polar surface area (TPSA) is 42.2 Å². The van der Waals surface area contributed by atoms with Gasteiger partial charge in [-0.2, -0.15) is 5.26 Å². The van der Waals surface area contributed by atoms with E-state index in [9.17, 15) is 0 Å². The van der Waals surface area contributed by atoms with E-state index in [4.69, 9.17) is 15.0 Å². The Morgan fingerprint density at radius 3 is 2.50 bits per heavy atom. The van der Waals surface area contributed by atoms with Crippen molar-refractivity contribution in [3.8, 4) is 22.9 Å². The van der Waals surface area contributed by atoms with Gasteiger partial charge in [0.25, 0.3) is 0 Å². The molecule has 3 heteroatoms. The molecule has 0 saturated carbocycles. The predicted octanol–water partition coefficient (Wildman–Crippen LogP) is 3.52. The van der Waals surface area contributed by atoms with Gasteiger partial charge in [-0.15, -0.1) is 0 Å². The van der Waals surface area contributed by atoms with Gasteiger partial charge in [0.2, 0.25) is 0 Å². The lowest BCUT2D eigenvalue weighted by Gasteiger charge is -2.12. The molecule has 1 aliphatic rings. The van der Waals surface area contributed by atoms with Crippen LogP contribution in [0, 0.1) is 11.3 Å². The number of benzene rings is 2. The molecule has 3 rings (SSSR count). The highest BCUT2D eigenvalue weighted by Gasteiger charge is 2.08. The molecule has 86 valence electrons. The SMILES string of the molecule is N#Cc1ccc(-c2ccc3c(c2)C=COO3)cc1. The van der Waals surface area contributed by atoms with Gasteiger partial charge in [0, 0.05) is 5.56 Å². The molecule has 0 radical (unpaired) electrons. The van der Waals surface area contributed by atoms with Gasteiger partial charge in [-0.3, -0.25) is 9.78 Å². The third-order valence-corrected chi connectivity index (χ3v) is 2.80. The van der Waals surface area contributed by atoms with Gasteiger partial charge in [0.15, 0.2) is 5.75 Å². The van der Waals surface area contributed by atoms with Crippen molar-refractivity contribution in [2.24, 2.45) is 0 Å². The van der Waals surface area contributed by atoms with Crippen LogP contribution in [0.15, 0.2) is 48.7 Å². The zero-order valence-electron chi connectivity index (χ0n) is 9.46. The summed E-state index contributed by atoms with van der Waals surface area (Å²) in [6.45, 7) is 0.